The lowest BCUT2D eigenvalue weighted by Gasteiger charge is -2.36. The lowest BCUT2D eigenvalue weighted by molar-refractivity contribution is -0.140. The Labute approximate surface area is 166 Å². The number of nitrogens with zero attached hydrogens (tertiary/aromatic N) is 4. The number of amides is 1. The van der Waals surface area contributed by atoms with E-state index in [1.54, 1.807) is 0 Å². The first-order valence-electron chi connectivity index (χ1n) is 10.6. The van der Waals surface area contributed by atoms with Crippen LogP contribution in [0.25, 0.3) is 11.4 Å². The predicted octanol–water partition coefficient (Wildman–Crippen LogP) is 3.28. The summed E-state index contributed by atoms with van der Waals surface area (Å²) in [4.78, 5) is 26.8. The van der Waals surface area contributed by atoms with Crippen molar-refractivity contribution < 1.29 is 4.79 Å². The van der Waals surface area contributed by atoms with Crippen molar-refractivity contribution in [3.63, 3.8) is 0 Å². The Balaban J connectivity index is 1.29. The van der Waals surface area contributed by atoms with Crippen LogP contribution in [0.3, 0.4) is 0 Å². The Bertz CT molecular complexity index is 861. The zero-order valence-corrected chi connectivity index (χ0v) is 16.6. The highest BCUT2D eigenvalue weighted by Crippen LogP contribution is 2.35. The third kappa shape index (κ3) is 3.55. The number of rotatable bonds is 5. The van der Waals surface area contributed by atoms with Crippen LogP contribution in [-0.4, -0.2) is 51.4 Å². The molecule has 1 amide bonds. The van der Waals surface area contributed by atoms with E-state index in [1.165, 1.54) is 18.4 Å². The largest absolute Gasteiger partial charge is 0.338 e. The van der Waals surface area contributed by atoms with E-state index in [1.807, 2.05) is 24.5 Å². The fraction of sp³-hybridized carbons (Fsp3) is 0.522. The summed E-state index contributed by atoms with van der Waals surface area (Å²) < 4.78 is 0. The molecule has 1 aliphatic carbocycles. The zero-order chi connectivity index (χ0) is 19.1. The summed E-state index contributed by atoms with van der Waals surface area (Å²) in [7, 11) is 0. The fourth-order valence-corrected chi connectivity index (χ4v) is 4.74. The normalized spacial score (nSPS) is 25.2. The lowest BCUT2D eigenvalue weighted by Crippen LogP contribution is -2.48. The van der Waals surface area contributed by atoms with Crippen LogP contribution in [0.5, 0.6) is 0 Å². The molecule has 1 aromatic carbocycles. The van der Waals surface area contributed by atoms with Crippen molar-refractivity contribution in [1.82, 2.24) is 19.8 Å². The second kappa shape index (κ2) is 7.28. The van der Waals surface area contributed by atoms with Crippen LogP contribution >= 0.6 is 0 Å². The maximum atomic E-state index is 12.9. The quantitative estimate of drug-likeness (QED) is 0.804. The maximum absolute atomic E-state index is 12.9. The molecular formula is C23H28N4O. The number of carbonyl (C=O) groups is 1. The number of benzene rings is 1. The van der Waals surface area contributed by atoms with E-state index in [0.29, 0.717) is 11.9 Å². The smallest absolute Gasteiger partial charge is 0.227 e. The van der Waals surface area contributed by atoms with Crippen molar-refractivity contribution in [2.75, 3.05) is 19.6 Å². The Hall–Kier alpha value is -2.27. The van der Waals surface area contributed by atoms with Crippen molar-refractivity contribution in [2.24, 2.45) is 11.8 Å². The number of fused-ring (bicyclic) bond motifs is 4. The van der Waals surface area contributed by atoms with Crippen LogP contribution in [0.15, 0.2) is 36.7 Å². The molecule has 1 aromatic heterocycles. The van der Waals surface area contributed by atoms with Gasteiger partial charge in [0.25, 0.3) is 0 Å². The highest BCUT2D eigenvalue weighted by Gasteiger charge is 2.42. The molecule has 2 aromatic rings. The number of piperidine rings is 1. The standard InChI is InChI=1S/C23H28N4O/c1-16-4-2-3-5-21(16)22-24-10-18(11-25-22)12-26-14-19-8-9-20(15-26)27(23(19)28)13-17-6-7-17/h2-5,10-11,17,19-20H,6-9,12-15H2,1H3/t19-,20+/m0/s1. The van der Waals surface area contributed by atoms with Crippen molar-refractivity contribution in [1.29, 1.82) is 0 Å². The van der Waals surface area contributed by atoms with Gasteiger partial charge in [0.15, 0.2) is 5.82 Å². The summed E-state index contributed by atoms with van der Waals surface area (Å²) in [5.41, 5.74) is 3.40. The monoisotopic (exact) mass is 376 g/mol. The van der Waals surface area contributed by atoms with Gasteiger partial charge in [0.2, 0.25) is 5.91 Å². The van der Waals surface area contributed by atoms with E-state index >= 15 is 0 Å². The van der Waals surface area contributed by atoms with Gasteiger partial charge in [-0.15, -0.1) is 0 Å². The molecule has 4 aliphatic rings. The molecule has 5 nitrogen and oxygen atoms in total. The Kier molecular flexibility index (Phi) is 4.63. The van der Waals surface area contributed by atoms with Crippen LogP contribution in [0.2, 0.25) is 0 Å². The van der Waals surface area contributed by atoms with Gasteiger partial charge in [0.1, 0.15) is 0 Å². The Morgan fingerprint density at radius 3 is 2.57 bits per heavy atom. The van der Waals surface area contributed by atoms with E-state index in [2.05, 4.69) is 38.8 Å². The molecule has 28 heavy (non-hydrogen) atoms. The summed E-state index contributed by atoms with van der Waals surface area (Å²) >= 11 is 0. The fourth-order valence-electron chi connectivity index (χ4n) is 4.74. The number of carbonyl (C=O) groups excluding carboxylic acids is 1. The van der Waals surface area contributed by atoms with Crippen LogP contribution in [0, 0.1) is 18.8 Å². The average Bonchev–Trinajstić information content (AvgIpc) is 3.54. The van der Waals surface area contributed by atoms with Gasteiger partial charge in [0, 0.05) is 55.7 Å². The third-order valence-corrected chi connectivity index (χ3v) is 6.52. The van der Waals surface area contributed by atoms with Crippen molar-refractivity contribution in [3.05, 3.63) is 47.8 Å². The van der Waals surface area contributed by atoms with E-state index < -0.39 is 0 Å². The van der Waals surface area contributed by atoms with Gasteiger partial charge in [-0.25, -0.2) is 9.97 Å². The Morgan fingerprint density at radius 1 is 1.04 bits per heavy atom. The molecule has 5 heteroatoms. The van der Waals surface area contributed by atoms with E-state index in [-0.39, 0.29) is 5.92 Å². The summed E-state index contributed by atoms with van der Waals surface area (Å²) in [5.74, 6) is 2.11. The SMILES string of the molecule is Cc1ccccc1-c1ncc(CN2C[C@@H]3CC[C@H](C2)N(CC2CC2)C3=O)cn1. The first-order valence-corrected chi connectivity index (χ1v) is 10.6. The molecule has 0 spiro atoms. The van der Waals surface area contributed by atoms with Gasteiger partial charge in [-0.05, 0) is 44.1 Å². The van der Waals surface area contributed by atoms with Crippen LogP contribution in [-0.2, 0) is 11.3 Å². The van der Waals surface area contributed by atoms with Crippen LogP contribution in [0.1, 0.15) is 36.8 Å². The molecule has 3 aliphatic heterocycles. The van der Waals surface area contributed by atoms with Gasteiger partial charge in [-0.2, -0.15) is 0 Å². The molecule has 0 radical (unpaired) electrons. The average molecular weight is 377 g/mol. The molecule has 1 saturated carbocycles. The molecule has 146 valence electrons. The molecule has 0 N–H and O–H groups in total. The molecule has 6 rings (SSSR count). The summed E-state index contributed by atoms with van der Waals surface area (Å²) in [6.07, 6.45) is 8.70. The molecule has 3 saturated heterocycles. The summed E-state index contributed by atoms with van der Waals surface area (Å²) in [6, 6.07) is 8.60. The molecule has 4 fully saturated rings. The topological polar surface area (TPSA) is 49.3 Å². The van der Waals surface area contributed by atoms with Gasteiger partial charge in [0.05, 0.1) is 5.92 Å². The van der Waals surface area contributed by atoms with Crippen LogP contribution < -0.4 is 0 Å². The summed E-state index contributed by atoms with van der Waals surface area (Å²) in [5, 5.41) is 0. The Morgan fingerprint density at radius 2 is 1.82 bits per heavy atom. The third-order valence-electron chi connectivity index (χ3n) is 6.52. The van der Waals surface area contributed by atoms with Crippen molar-refractivity contribution in [3.8, 4) is 11.4 Å². The zero-order valence-electron chi connectivity index (χ0n) is 16.6. The summed E-state index contributed by atoms with van der Waals surface area (Å²) in [6.45, 7) is 5.75. The molecule has 2 bridgehead atoms. The minimum Gasteiger partial charge on any atom is -0.338 e. The minimum atomic E-state index is 0.171. The number of aryl methyl sites for hydroxylation is 1. The van der Waals surface area contributed by atoms with Crippen LogP contribution in [0.4, 0.5) is 0 Å². The molecule has 2 atom stereocenters. The van der Waals surface area contributed by atoms with E-state index in [4.69, 9.17) is 0 Å². The van der Waals surface area contributed by atoms with E-state index in [9.17, 15) is 4.79 Å². The second-order valence-electron chi connectivity index (χ2n) is 8.79. The van der Waals surface area contributed by atoms with E-state index in [0.717, 1.165) is 61.9 Å². The first kappa shape index (κ1) is 17.8. The number of hydrogen-bond donors (Lipinski definition) is 0. The first-order chi connectivity index (χ1) is 13.7. The van der Waals surface area contributed by atoms with Gasteiger partial charge in [-0.3, -0.25) is 9.69 Å². The molecular weight excluding hydrogens is 348 g/mol. The van der Waals surface area contributed by atoms with Gasteiger partial charge >= 0.3 is 0 Å². The predicted molar refractivity (Wildman–Crippen MR) is 108 cm³/mol. The van der Waals surface area contributed by atoms with Gasteiger partial charge in [-0.1, -0.05) is 24.3 Å². The second-order valence-corrected chi connectivity index (χ2v) is 8.79. The minimum absolute atomic E-state index is 0.171. The number of hydrogen-bond acceptors (Lipinski definition) is 4. The number of aromatic nitrogens is 2. The highest BCUT2D eigenvalue weighted by atomic mass is 16.2. The van der Waals surface area contributed by atoms with Crippen molar-refractivity contribution >= 4 is 5.91 Å². The molecule has 4 heterocycles. The van der Waals surface area contributed by atoms with Gasteiger partial charge < -0.3 is 4.90 Å². The van der Waals surface area contributed by atoms with Crippen molar-refractivity contribution in [2.45, 2.75) is 45.2 Å². The maximum Gasteiger partial charge on any atom is 0.227 e. The highest BCUT2D eigenvalue weighted by molar-refractivity contribution is 5.80. The lowest BCUT2D eigenvalue weighted by atomic mass is 9.94. The molecule has 0 unspecified atom stereocenters.